The zero-order valence-electron chi connectivity index (χ0n) is 14.3. The standard InChI is InChI=1S/C24H18O2/c1-16-25-23(21-14-6-10-17-8-2-4-12-19(17)21)24(26-16)22-15-7-11-18-9-3-5-13-20(18)22/h2-15,23-24H,1H2/t23-,24-/m1/s1. The van der Waals surface area contributed by atoms with Gasteiger partial charge in [-0.1, -0.05) is 84.9 Å². The lowest BCUT2D eigenvalue weighted by molar-refractivity contribution is 0.143. The third kappa shape index (κ3) is 2.34. The summed E-state index contributed by atoms with van der Waals surface area (Å²) >= 11 is 0. The normalized spacial score (nSPS) is 19.5. The monoisotopic (exact) mass is 338 g/mol. The summed E-state index contributed by atoms with van der Waals surface area (Å²) in [6.45, 7) is 3.92. The van der Waals surface area contributed by atoms with Crippen molar-refractivity contribution in [2.24, 2.45) is 0 Å². The fraction of sp³-hybridized carbons (Fsp3) is 0.0833. The largest absolute Gasteiger partial charge is 0.453 e. The van der Waals surface area contributed by atoms with Crippen molar-refractivity contribution in [1.82, 2.24) is 0 Å². The molecule has 0 N–H and O–H groups in total. The average Bonchev–Trinajstić information content (AvgIpc) is 3.08. The molecule has 1 aliphatic heterocycles. The molecule has 1 saturated heterocycles. The summed E-state index contributed by atoms with van der Waals surface area (Å²) in [5.41, 5.74) is 2.25. The molecule has 2 nitrogen and oxygen atoms in total. The van der Waals surface area contributed by atoms with Crippen molar-refractivity contribution in [3.8, 4) is 0 Å². The van der Waals surface area contributed by atoms with Crippen LogP contribution in [0.4, 0.5) is 0 Å². The van der Waals surface area contributed by atoms with Crippen LogP contribution in [-0.4, -0.2) is 0 Å². The minimum absolute atomic E-state index is 0.223. The number of hydrogen-bond acceptors (Lipinski definition) is 2. The summed E-state index contributed by atoms with van der Waals surface area (Å²) in [7, 11) is 0. The molecule has 0 aromatic heterocycles. The molecule has 126 valence electrons. The maximum absolute atomic E-state index is 6.05. The van der Waals surface area contributed by atoms with Gasteiger partial charge in [-0.3, -0.25) is 0 Å². The Hall–Kier alpha value is -3.26. The molecule has 2 heteroatoms. The first-order valence-corrected chi connectivity index (χ1v) is 8.79. The fourth-order valence-corrected chi connectivity index (χ4v) is 3.88. The molecule has 0 spiro atoms. The molecule has 4 aromatic carbocycles. The molecule has 0 bridgehead atoms. The lowest BCUT2D eigenvalue weighted by atomic mass is 9.91. The molecular formula is C24H18O2. The van der Waals surface area contributed by atoms with Crippen molar-refractivity contribution in [2.45, 2.75) is 12.2 Å². The molecule has 0 radical (unpaired) electrons. The highest BCUT2D eigenvalue weighted by Gasteiger charge is 2.37. The Kier molecular flexibility index (Phi) is 3.42. The summed E-state index contributed by atoms with van der Waals surface area (Å²) in [6.07, 6.45) is -0.446. The molecule has 1 fully saturated rings. The van der Waals surface area contributed by atoms with E-state index in [0.29, 0.717) is 5.95 Å². The quantitative estimate of drug-likeness (QED) is 0.427. The molecule has 0 unspecified atom stereocenters. The molecule has 5 rings (SSSR count). The Morgan fingerprint density at radius 1 is 0.538 bits per heavy atom. The number of benzene rings is 4. The van der Waals surface area contributed by atoms with Gasteiger partial charge < -0.3 is 9.47 Å². The molecule has 26 heavy (non-hydrogen) atoms. The molecular weight excluding hydrogens is 320 g/mol. The van der Waals surface area contributed by atoms with Crippen molar-refractivity contribution in [3.05, 3.63) is 109 Å². The fourth-order valence-electron chi connectivity index (χ4n) is 3.88. The molecule has 0 amide bonds. The SMILES string of the molecule is C=C1O[C@H](c2cccc3ccccc23)[C@@H](c2cccc3ccccc23)O1. The predicted molar refractivity (Wildman–Crippen MR) is 105 cm³/mol. The highest BCUT2D eigenvalue weighted by molar-refractivity contribution is 5.88. The van der Waals surface area contributed by atoms with E-state index in [1.807, 2.05) is 0 Å². The van der Waals surface area contributed by atoms with E-state index in [9.17, 15) is 0 Å². The van der Waals surface area contributed by atoms with E-state index in [1.54, 1.807) is 0 Å². The zero-order valence-corrected chi connectivity index (χ0v) is 14.3. The van der Waals surface area contributed by atoms with Gasteiger partial charge in [0.1, 0.15) is 0 Å². The highest BCUT2D eigenvalue weighted by atomic mass is 16.7. The van der Waals surface area contributed by atoms with Gasteiger partial charge in [-0.25, -0.2) is 0 Å². The third-order valence-electron chi connectivity index (χ3n) is 5.05. The third-order valence-corrected chi connectivity index (χ3v) is 5.05. The van der Waals surface area contributed by atoms with Crippen molar-refractivity contribution < 1.29 is 9.47 Å². The van der Waals surface area contributed by atoms with Crippen LogP contribution < -0.4 is 0 Å². The van der Waals surface area contributed by atoms with Gasteiger partial charge in [0, 0.05) is 11.1 Å². The van der Waals surface area contributed by atoms with E-state index < -0.39 is 0 Å². The Bertz CT molecular complexity index is 1030. The first kappa shape index (κ1) is 15.0. The second-order valence-corrected chi connectivity index (χ2v) is 6.59. The summed E-state index contributed by atoms with van der Waals surface area (Å²) in [5.74, 6) is 0.376. The number of rotatable bonds is 2. The van der Waals surface area contributed by atoms with Gasteiger partial charge in [-0.15, -0.1) is 0 Å². The Balaban J connectivity index is 1.70. The van der Waals surface area contributed by atoms with Crippen molar-refractivity contribution in [2.75, 3.05) is 0 Å². The minimum Gasteiger partial charge on any atom is -0.453 e. The maximum Gasteiger partial charge on any atom is 0.273 e. The first-order valence-electron chi connectivity index (χ1n) is 8.79. The van der Waals surface area contributed by atoms with Crippen LogP contribution in [0.1, 0.15) is 23.3 Å². The van der Waals surface area contributed by atoms with Gasteiger partial charge in [0.15, 0.2) is 12.2 Å². The van der Waals surface area contributed by atoms with Gasteiger partial charge in [0.2, 0.25) is 0 Å². The van der Waals surface area contributed by atoms with E-state index in [2.05, 4.69) is 91.5 Å². The topological polar surface area (TPSA) is 18.5 Å². The molecule has 2 atom stereocenters. The molecule has 1 heterocycles. The van der Waals surface area contributed by atoms with Crippen LogP contribution in [0.15, 0.2) is 97.5 Å². The number of ether oxygens (including phenoxy) is 2. The van der Waals surface area contributed by atoms with Gasteiger partial charge in [0.05, 0.1) is 0 Å². The lowest BCUT2D eigenvalue weighted by Gasteiger charge is -2.20. The zero-order chi connectivity index (χ0) is 17.5. The van der Waals surface area contributed by atoms with Gasteiger partial charge in [0.25, 0.3) is 5.95 Å². The maximum atomic E-state index is 6.05. The second-order valence-electron chi connectivity index (χ2n) is 6.59. The summed E-state index contributed by atoms with van der Waals surface area (Å²) in [6, 6.07) is 29.4. The average molecular weight is 338 g/mol. The van der Waals surface area contributed by atoms with Crippen LogP contribution in [0.25, 0.3) is 21.5 Å². The number of hydrogen-bond donors (Lipinski definition) is 0. The molecule has 4 aromatic rings. The van der Waals surface area contributed by atoms with Crippen molar-refractivity contribution in [1.29, 1.82) is 0 Å². The van der Waals surface area contributed by atoms with E-state index >= 15 is 0 Å². The Morgan fingerprint density at radius 3 is 1.46 bits per heavy atom. The van der Waals surface area contributed by atoms with Crippen LogP contribution in [0.3, 0.4) is 0 Å². The van der Waals surface area contributed by atoms with Crippen molar-refractivity contribution in [3.63, 3.8) is 0 Å². The Morgan fingerprint density at radius 2 is 0.962 bits per heavy atom. The van der Waals surface area contributed by atoms with E-state index in [1.165, 1.54) is 21.5 Å². The summed E-state index contributed by atoms with van der Waals surface area (Å²) < 4.78 is 12.1. The van der Waals surface area contributed by atoms with Crippen molar-refractivity contribution >= 4 is 21.5 Å². The van der Waals surface area contributed by atoms with Gasteiger partial charge in [-0.05, 0) is 28.1 Å². The second kappa shape index (κ2) is 5.92. The van der Waals surface area contributed by atoms with E-state index in [4.69, 9.17) is 9.47 Å². The van der Waals surface area contributed by atoms with Crippen LogP contribution in [-0.2, 0) is 9.47 Å². The van der Waals surface area contributed by atoms with E-state index in [0.717, 1.165) is 11.1 Å². The molecule has 1 aliphatic rings. The Labute approximate surface area is 152 Å². The van der Waals surface area contributed by atoms with Crippen LogP contribution >= 0.6 is 0 Å². The van der Waals surface area contributed by atoms with Gasteiger partial charge >= 0.3 is 0 Å². The minimum atomic E-state index is -0.223. The summed E-state index contributed by atoms with van der Waals surface area (Å²) in [5, 5.41) is 4.76. The molecule has 0 saturated carbocycles. The van der Waals surface area contributed by atoms with Crippen LogP contribution in [0, 0.1) is 0 Å². The van der Waals surface area contributed by atoms with E-state index in [-0.39, 0.29) is 12.2 Å². The summed E-state index contributed by atoms with van der Waals surface area (Å²) in [4.78, 5) is 0. The lowest BCUT2D eigenvalue weighted by Crippen LogP contribution is -2.08. The smallest absolute Gasteiger partial charge is 0.273 e. The first-order chi connectivity index (χ1) is 12.8. The predicted octanol–water partition coefficient (Wildman–Crippen LogP) is 6.29. The number of fused-ring (bicyclic) bond motifs is 2. The van der Waals surface area contributed by atoms with Crippen LogP contribution in [0.5, 0.6) is 0 Å². The van der Waals surface area contributed by atoms with Gasteiger partial charge in [-0.2, -0.15) is 0 Å². The highest BCUT2D eigenvalue weighted by Crippen LogP contribution is 2.47. The molecule has 0 aliphatic carbocycles. The van der Waals surface area contributed by atoms with Crippen LogP contribution in [0.2, 0.25) is 0 Å².